The van der Waals surface area contributed by atoms with Gasteiger partial charge in [0, 0.05) is 17.8 Å². The molecule has 0 spiro atoms. The van der Waals surface area contributed by atoms with Crippen LogP contribution >= 0.6 is 0 Å². The predicted molar refractivity (Wildman–Crippen MR) is 99.9 cm³/mol. The summed E-state index contributed by atoms with van der Waals surface area (Å²) in [6.45, 7) is 4.51. The molecule has 130 valence electrons. The summed E-state index contributed by atoms with van der Waals surface area (Å²) in [5.41, 5.74) is 4.63. The Labute approximate surface area is 150 Å². The van der Waals surface area contributed by atoms with E-state index in [0.717, 1.165) is 22.6 Å². The molecule has 5 nitrogen and oxygen atoms in total. The van der Waals surface area contributed by atoms with E-state index in [4.69, 9.17) is 0 Å². The van der Waals surface area contributed by atoms with Crippen LogP contribution in [0.1, 0.15) is 17.0 Å². The number of aryl methyl sites for hydroxylation is 1. The summed E-state index contributed by atoms with van der Waals surface area (Å²) in [4.78, 5) is 8.35. The standard InChI is InChI=1S/C20H18FN5/c1-13-16(14(2)26(25-13)15-7-4-3-5-8-15)11-22-20-19-17(21)9-6-10-18(19)23-12-24-20/h3-10,12H,11H2,1-2H3,(H,22,23,24). The predicted octanol–water partition coefficient (Wildman–Crippen LogP) is 4.18. The Morgan fingerprint density at radius 3 is 2.62 bits per heavy atom. The highest BCUT2D eigenvalue weighted by molar-refractivity contribution is 5.89. The van der Waals surface area contributed by atoms with Crippen LogP contribution < -0.4 is 5.32 Å². The fourth-order valence-corrected chi connectivity index (χ4v) is 3.13. The number of nitrogens with zero attached hydrogens (tertiary/aromatic N) is 4. The minimum atomic E-state index is -0.334. The Balaban J connectivity index is 1.67. The van der Waals surface area contributed by atoms with Gasteiger partial charge in [0.05, 0.1) is 22.3 Å². The molecule has 0 saturated heterocycles. The Morgan fingerprint density at radius 2 is 1.81 bits per heavy atom. The highest BCUT2D eigenvalue weighted by Crippen LogP contribution is 2.24. The molecular formula is C20H18FN5. The zero-order valence-corrected chi connectivity index (χ0v) is 14.6. The fraction of sp³-hybridized carbons (Fsp3) is 0.150. The summed E-state index contributed by atoms with van der Waals surface area (Å²) in [6, 6.07) is 14.8. The molecule has 4 rings (SSSR count). The molecule has 0 aliphatic rings. The number of anilines is 1. The number of benzene rings is 2. The second-order valence-corrected chi connectivity index (χ2v) is 6.11. The van der Waals surface area contributed by atoms with Crippen molar-refractivity contribution < 1.29 is 4.39 Å². The molecule has 1 N–H and O–H groups in total. The molecule has 0 aliphatic carbocycles. The molecule has 0 fully saturated rings. The number of halogens is 1. The molecule has 0 saturated carbocycles. The number of rotatable bonds is 4. The summed E-state index contributed by atoms with van der Waals surface area (Å²) < 4.78 is 16.1. The van der Waals surface area contributed by atoms with Crippen LogP contribution in [0.2, 0.25) is 0 Å². The second kappa shape index (κ2) is 6.55. The van der Waals surface area contributed by atoms with Gasteiger partial charge in [-0.2, -0.15) is 5.10 Å². The van der Waals surface area contributed by atoms with E-state index in [0.29, 0.717) is 23.3 Å². The molecule has 0 unspecified atom stereocenters. The van der Waals surface area contributed by atoms with Crippen molar-refractivity contribution >= 4 is 16.7 Å². The Kier molecular flexibility index (Phi) is 4.08. The van der Waals surface area contributed by atoms with Crippen LogP contribution in [0.5, 0.6) is 0 Å². The van der Waals surface area contributed by atoms with Crippen molar-refractivity contribution in [2.45, 2.75) is 20.4 Å². The third-order valence-electron chi connectivity index (χ3n) is 4.49. The van der Waals surface area contributed by atoms with Crippen molar-refractivity contribution in [3.63, 3.8) is 0 Å². The molecule has 2 aromatic carbocycles. The average molecular weight is 347 g/mol. The number of para-hydroxylation sites is 1. The van der Waals surface area contributed by atoms with E-state index in [1.165, 1.54) is 12.4 Å². The SMILES string of the molecule is Cc1nn(-c2ccccc2)c(C)c1CNc1ncnc2cccc(F)c12. The lowest BCUT2D eigenvalue weighted by Gasteiger charge is -2.10. The normalized spacial score (nSPS) is 11.0. The first-order chi connectivity index (χ1) is 12.6. The lowest BCUT2D eigenvalue weighted by atomic mass is 10.2. The zero-order chi connectivity index (χ0) is 18.1. The van der Waals surface area contributed by atoms with Crippen LogP contribution in [-0.4, -0.2) is 19.7 Å². The van der Waals surface area contributed by atoms with Crippen LogP contribution in [0, 0.1) is 19.7 Å². The van der Waals surface area contributed by atoms with Crippen molar-refractivity contribution in [1.82, 2.24) is 19.7 Å². The van der Waals surface area contributed by atoms with Gasteiger partial charge in [-0.1, -0.05) is 24.3 Å². The van der Waals surface area contributed by atoms with Gasteiger partial charge < -0.3 is 5.32 Å². The summed E-state index contributed by atoms with van der Waals surface area (Å²) in [5, 5.41) is 8.29. The van der Waals surface area contributed by atoms with Gasteiger partial charge in [0.2, 0.25) is 0 Å². The first kappa shape index (κ1) is 16.2. The lowest BCUT2D eigenvalue weighted by molar-refractivity contribution is 0.639. The monoisotopic (exact) mass is 347 g/mol. The van der Waals surface area contributed by atoms with Crippen molar-refractivity contribution in [2.24, 2.45) is 0 Å². The van der Waals surface area contributed by atoms with Crippen LogP contribution in [-0.2, 0) is 6.54 Å². The largest absolute Gasteiger partial charge is 0.365 e. The van der Waals surface area contributed by atoms with Gasteiger partial charge in [0.25, 0.3) is 0 Å². The second-order valence-electron chi connectivity index (χ2n) is 6.11. The summed E-state index contributed by atoms with van der Waals surface area (Å²) in [6.07, 6.45) is 1.44. The van der Waals surface area contributed by atoms with E-state index in [1.807, 2.05) is 48.9 Å². The first-order valence-corrected chi connectivity index (χ1v) is 8.39. The van der Waals surface area contributed by atoms with Crippen LogP contribution in [0.25, 0.3) is 16.6 Å². The van der Waals surface area contributed by atoms with Gasteiger partial charge in [0.1, 0.15) is 18.0 Å². The van der Waals surface area contributed by atoms with Crippen molar-refractivity contribution in [3.8, 4) is 5.69 Å². The average Bonchev–Trinajstić information content (AvgIpc) is 2.95. The van der Waals surface area contributed by atoms with Gasteiger partial charge in [-0.05, 0) is 38.1 Å². The van der Waals surface area contributed by atoms with E-state index in [2.05, 4.69) is 20.4 Å². The fourth-order valence-electron chi connectivity index (χ4n) is 3.13. The van der Waals surface area contributed by atoms with Crippen molar-refractivity contribution in [2.75, 3.05) is 5.32 Å². The van der Waals surface area contributed by atoms with Crippen LogP contribution in [0.15, 0.2) is 54.9 Å². The van der Waals surface area contributed by atoms with E-state index < -0.39 is 0 Å². The number of fused-ring (bicyclic) bond motifs is 1. The molecule has 0 atom stereocenters. The molecule has 2 heterocycles. The third kappa shape index (κ3) is 2.79. The summed E-state index contributed by atoms with van der Waals surface area (Å²) in [7, 11) is 0. The Hall–Kier alpha value is -3.28. The zero-order valence-electron chi connectivity index (χ0n) is 14.6. The van der Waals surface area contributed by atoms with Crippen LogP contribution in [0.3, 0.4) is 0 Å². The van der Waals surface area contributed by atoms with Crippen molar-refractivity contribution in [1.29, 1.82) is 0 Å². The molecule has 0 bridgehead atoms. The third-order valence-corrected chi connectivity index (χ3v) is 4.49. The molecular weight excluding hydrogens is 329 g/mol. The number of hydrogen-bond acceptors (Lipinski definition) is 4. The lowest BCUT2D eigenvalue weighted by Crippen LogP contribution is -2.05. The molecule has 4 aromatic rings. The summed E-state index contributed by atoms with van der Waals surface area (Å²) in [5.74, 6) is 0.151. The topological polar surface area (TPSA) is 55.6 Å². The van der Waals surface area contributed by atoms with E-state index in [9.17, 15) is 4.39 Å². The Bertz CT molecular complexity index is 1070. The van der Waals surface area contributed by atoms with Gasteiger partial charge in [-0.15, -0.1) is 0 Å². The first-order valence-electron chi connectivity index (χ1n) is 8.39. The molecule has 0 aliphatic heterocycles. The highest BCUT2D eigenvalue weighted by atomic mass is 19.1. The van der Waals surface area contributed by atoms with Gasteiger partial charge >= 0.3 is 0 Å². The van der Waals surface area contributed by atoms with E-state index >= 15 is 0 Å². The molecule has 0 radical (unpaired) electrons. The summed E-state index contributed by atoms with van der Waals surface area (Å²) >= 11 is 0. The highest BCUT2D eigenvalue weighted by Gasteiger charge is 2.14. The van der Waals surface area contributed by atoms with Crippen LogP contribution in [0.4, 0.5) is 10.2 Å². The van der Waals surface area contributed by atoms with E-state index in [-0.39, 0.29) is 5.82 Å². The quantitative estimate of drug-likeness (QED) is 0.602. The van der Waals surface area contributed by atoms with Gasteiger partial charge in [-0.3, -0.25) is 0 Å². The number of hydrogen-bond donors (Lipinski definition) is 1. The molecule has 2 aromatic heterocycles. The molecule has 6 heteroatoms. The number of nitrogens with one attached hydrogen (secondary N) is 1. The Morgan fingerprint density at radius 1 is 1.00 bits per heavy atom. The maximum atomic E-state index is 14.2. The molecule has 26 heavy (non-hydrogen) atoms. The number of aromatic nitrogens is 4. The van der Waals surface area contributed by atoms with Gasteiger partial charge in [-0.25, -0.2) is 19.0 Å². The minimum absolute atomic E-state index is 0.334. The van der Waals surface area contributed by atoms with Gasteiger partial charge in [0.15, 0.2) is 0 Å². The van der Waals surface area contributed by atoms with Crippen molar-refractivity contribution in [3.05, 3.63) is 77.6 Å². The minimum Gasteiger partial charge on any atom is -0.365 e. The molecule has 0 amide bonds. The maximum absolute atomic E-state index is 14.2. The van der Waals surface area contributed by atoms with E-state index in [1.54, 1.807) is 12.1 Å². The smallest absolute Gasteiger partial charge is 0.140 e. The maximum Gasteiger partial charge on any atom is 0.140 e.